The molecule has 0 atom stereocenters. The van der Waals surface area contributed by atoms with E-state index in [0.29, 0.717) is 5.56 Å². The molecule has 5 heteroatoms. The SMILES string of the molecule is Cc1c(/C=N\NC(=O)c2cccc(O)c2)c2ccccc2n1Cc1ccccc1. The molecule has 1 heterocycles. The van der Waals surface area contributed by atoms with Gasteiger partial charge in [-0.3, -0.25) is 4.79 Å². The van der Waals surface area contributed by atoms with Crippen LogP contribution in [0.4, 0.5) is 0 Å². The lowest BCUT2D eigenvalue weighted by atomic mass is 10.1. The second-order valence-electron chi connectivity index (χ2n) is 6.84. The molecule has 4 rings (SSSR count). The van der Waals surface area contributed by atoms with Crippen molar-refractivity contribution in [2.24, 2.45) is 5.10 Å². The molecule has 0 bridgehead atoms. The molecule has 29 heavy (non-hydrogen) atoms. The van der Waals surface area contributed by atoms with Crippen molar-refractivity contribution >= 4 is 23.0 Å². The van der Waals surface area contributed by atoms with Crippen LogP contribution >= 0.6 is 0 Å². The average molecular weight is 383 g/mol. The van der Waals surface area contributed by atoms with E-state index in [1.54, 1.807) is 18.3 Å². The number of aromatic hydroxyl groups is 1. The summed E-state index contributed by atoms with van der Waals surface area (Å²) in [7, 11) is 0. The van der Waals surface area contributed by atoms with Gasteiger partial charge < -0.3 is 9.67 Å². The summed E-state index contributed by atoms with van der Waals surface area (Å²) in [6.07, 6.45) is 1.68. The van der Waals surface area contributed by atoms with Gasteiger partial charge >= 0.3 is 0 Å². The van der Waals surface area contributed by atoms with E-state index in [0.717, 1.165) is 28.7 Å². The number of carbonyl (C=O) groups excluding carboxylic acids is 1. The van der Waals surface area contributed by atoms with Crippen LogP contribution in [0, 0.1) is 6.92 Å². The minimum atomic E-state index is -0.372. The van der Waals surface area contributed by atoms with Crippen LogP contribution in [0.2, 0.25) is 0 Å². The van der Waals surface area contributed by atoms with Crippen LogP contribution < -0.4 is 5.43 Å². The smallest absolute Gasteiger partial charge is 0.271 e. The fourth-order valence-electron chi connectivity index (χ4n) is 3.46. The molecule has 5 nitrogen and oxygen atoms in total. The number of hydrazone groups is 1. The number of nitrogens with one attached hydrogen (secondary N) is 1. The lowest BCUT2D eigenvalue weighted by Crippen LogP contribution is -2.17. The lowest BCUT2D eigenvalue weighted by Gasteiger charge is -2.08. The van der Waals surface area contributed by atoms with E-state index in [4.69, 9.17) is 0 Å². The van der Waals surface area contributed by atoms with Gasteiger partial charge in [-0.1, -0.05) is 54.6 Å². The lowest BCUT2D eigenvalue weighted by molar-refractivity contribution is 0.0954. The number of hydrogen-bond acceptors (Lipinski definition) is 3. The molecule has 0 radical (unpaired) electrons. The second kappa shape index (κ2) is 8.02. The number of carbonyl (C=O) groups is 1. The standard InChI is InChI=1S/C24H21N3O2/c1-17-22(15-25-26-24(29)19-10-7-11-20(28)14-19)21-12-5-6-13-23(21)27(17)16-18-8-3-2-4-9-18/h2-15,28H,16H2,1H3,(H,26,29)/b25-15-. The highest BCUT2D eigenvalue weighted by Crippen LogP contribution is 2.25. The van der Waals surface area contributed by atoms with Crippen molar-refractivity contribution in [2.75, 3.05) is 0 Å². The van der Waals surface area contributed by atoms with Crippen molar-refractivity contribution in [3.8, 4) is 5.75 Å². The number of aromatic nitrogens is 1. The molecule has 0 saturated carbocycles. The third-order valence-electron chi connectivity index (χ3n) is 4.93. The van der Waals surface area contributed by atoms with Crippen LogP contribution in [0.1, 0.15) is 27.2 Å². The molecule has 3 aromatic carbocycles. The third kappa shape index (κ3) is 3.89. The Kier molecular flexibility index (Phi) is 5.12. The summed E-state index contributed by atoms with van der Waals surface area (Å²) in [5.74, 6) is -0.329. The summed E-state index contributed by atoms with van der Waals surface area (Å²) in [6.45, 7) is 2.82. The quantitative estimate of drug-likeness (QED) is 0.394. The van der Waals surface area contributed by atoms with Crippen molar-refractivity contribution in [3.05, 3.63) is 101 Å². The molecule has 2 N–H and O–H groups in total. The highest BCUT2D eigenvalue weighted by Gasteiger charge is 2.13. The van der Waals surface area contributed by atoms with E-state index in [2.05, 4.69) is 46.3 Å². The summed E-state index contributed by atoms with van der Waals surface area (Å²) in [5, 5.41) is 14.8. The Morgan fingerprint density at radius 2 is 1.79 bits per heavy atom. The highest BCUT2D eigenvalue weighted by atomic mass is 16.3. The molecule has 1 aromatic heterocycles. The van der Waals surface area contributed by atoms with Gasteiger partial charge in [0.05, 0.1) is 6.21 Å². The Labute approximate surface area is 168 Å². The molecule has 0 aliphatic heterocycles. The number of phenolic OH excluding ortho intramolecular Hbond substituents is 1. The number of nitrogens with zero attached hydrogens (tertiary/aromatic N) is 2. The van der Waals surface area contributed by atoms with E-state index in [1.807, 2.05) is 30.3 Å². The number of phenols is 1. The predicted molar refractivity (Wildman–Crippen MR) is 115 cm³/mol. The average Bonchev–Trinajstić information content (AvgIpc) is 3.00. The molecule has 0 saturated heterocycles. The van der Waals surface area contributed by atoms with Crippen LogP contribution in [0.15, 0.2) is 84.0 Å². The van der Waals surface area contributed by atoms with Crippen LogP contribution in [-0.2, 0) is 6.54 Å². The minimum Gasteiger partial charge on any atom is -0.508 e. The highest BCUT2D eigenvalue weighted by molar-refractivity contribution is 6.02. The summed E-state index contributed by atoms with van der Waals surface area (Å²) in [4.78, 5) is 12.2. The third-order valence-corrected chi connectivity index (χ3v) is 4.93. The summed E-state index contributed by atoms with van der Waals surface area (Å²) < 4.78 is 2.25. The fourth-order valence-corrected chi connectivity index (χ4v) is 3.46. The monoisotopic (exact) mass is 383 g/mol. The maximum Gasteiger partial charge on any atom is 0.271 e. The van der Waals surface area contributed by atoms with Gasteiger partial charge in [-0.15, -0.1) is 0 Å². The zero-order chi connectivity index (χ0) is 20.2. The van der Waals surface area contributed by atoms with Gasteiger partial charge in [0.2, 0.25) is 0 Å². The Balaban J connectivity index is 1.63. The first-order chi connectivity index (χ1) is 14.1. The molecule has 0 aliphatic carbocycles. The Morgan fingerprint density at radius 3 is 2.59 bits per heavy atom. The van der Waals surface area contributed by atoms with Crippen molar-refractivity contribution in [2.45, 2.75) is 13.5 Å². The van der Waals surface area contributed by atoms with Gasteiger partial charge in [0, 0.05) is 34.3 Å². The van der Waals surface area contributed by atoms with Gasteiger partial charge in [0.15, 0.2) is 0 Å². The Bertz CT molecular complexity index is 1190. The maximum absolute atomic E-state index is 12.2. The van der Waals surface area contributed by atoms with Crippen molar-refractivity contribution in [1.82, 2.24) is 9.99 Å². The summed E-state index contributed by atoms with van der Waals surface area (Å²) >= 11 is 0. The zero-order valence-electron chi connectivity index (χ0n) is 16.0. The van der Waals surface area contributed by atoms with E-state index < -0.39 is 0 Å². The molecule has 0 spiro atoms. The number of amides is 1. The van der Waals surface area contributed by atoms with E-state index in [-0.39, 0.29) is 11.7 Å². The number of rotatable bonds is 5. The normalized spacial score (nSPS) is 11.2. The van der Waals surface area contributed by atoms with Gasteiger partial charge in [0.1, 0.15) is 5.75 Å². The fraction of sp³-hybridized carbons (Fsp3) is 0.0833. The Hall–Kier alpha value is -3.86. The number of fused-ring (bicyclic) bond motifs is 1. The van der Waals surface area contributed by atoms with Crippen LogP contribution in [0.25, 0.3) is 10.9 Å². The molecular formula is C24H21N3O2. The molecule has 144 valence electrons. The first-order valence-electron chi connectivity index (χ1n) is 9.37. The van der Waals surface area contributed by atoms with E-state index in [1.165, 1.54) is 17.7 Å². The van der Waals surface area contributed by atoms with Gasteiger partial charge in [-0.2, -0.15) is 5.10 Å². The van der Waals surface area contributed by atoms with Crippen LogP contribution in [0.3, 0.4) is 0 Å². The van der Waals surface area contributed by atoms with Gasteiger partial charge in [-0.25, -0.2) is 5.43 Å². The number of hydrogen-bond donors (Lipinski definition) is 2. The molecule has 0 unspecified atom stereocenters. The summed E-state index contributed by atoms with van der Waals surface area (Å²) in [5.41, 5.74) is 7.27. The first-order valence-corrected chi connectivity index (χ1v) is 9.37. The van der Waals surface area contributed by atoms with Gasteiger partial charge in [0.25, 0.3) is 5.91 Å². The van der Waals surface area contributed by atoms with Crippen molar-refractivity contribution in [3.63, 3.8) is 0 Å². The van der Waals surface area contributed by atoms with Crippen LogP contribution in [0.5, 0.6) is 5.75 Å². The summed E-state index contributed by atoms with van der Waals surface area (Å²) in [6, 6.07) is 24.6. The topological polar surface area (TPSA) is 66.6 Å². The van der Waals surface area contributed by atoms with Crippen molar-refractivity contribution in [1.29, 1.82) is 0 Å². The van der Waals surface area contributed by atoms with Gasteiger partial charge in [-0.05, 0) is 36.8 Å². The van der Waals surface area contributed by atoms with Crippen LogP contribution in [-0.4, -0.2) is 21.8 Å². The molecular weight excluding hydrogens is 362 g/mol. The molecule has 0 aliphatic rings. The molecule has 1 amide bonds. The minimum absolute atomic E-state index is 0.0430. The number of para-hydroxylation sites is 1. The van der Waals surface area contributed by atoms with E-state index >= 15 is 0 Å². The largest absolute Gasteiger partial charge is 0.508 e. The van der Waals surface area contributed by atoms with E-state index in [9.17, 15) is 9.90 Å². The molecule has 0 fully saturated rings. The molecule has 4 aromatic rings. The zero-order valence-corrected chi connectivity index (χ0v) is 16.0. The number of benzene rings is 3. The predicted octanol–water partition coefficient (Wildman–Crippen LogP) is 4.47. The first kappa shape index (κ1) is 18.5. The van der Waals surface area contributed by atoms with Crippen molar-refractivity contribution < 1.29 is 9.90 Å². The second-order valence-corrected chi connectivity index (χ2v) is 6.84. The Morgan fingerprint density at radius 1 is 1.03 bits per heavy atom. The maximum atomic E-state index is 12.2.